The van der Waals surface area contributed by atoms with Crippen LogP contribution in [0.3, 0.4) is 0 Å². The van der Waals surface area contributed by atoms with E-state index in [1.54, 1.807) is 7.05 Å². The van der Waals surface area contributed by atoms with Gasteiger partial charge in [-0.3, -0.25) is 9.69 Å². The van der Waals surface area contributed by atoms with E-state index in [1.807, 2.05) is 17.0 Å². The molecule has 2 rings (SSSR count). The number of carbonyl (C=O) groups is 1. The van der Waals surface area contributed by atoms with Crippen molar-refractivity contribution in [3.8, 4) is 0 Å². The second-order valence-electron chi connectivity index (χ2n) is 4.81. The molecular formula is C14H21Cl2N3O. The summed E-state index contributed by atoms with van der Waals surface area (Å²) in [5.41, 5.74) is 1.26. The van der Waals surface area contributed by atoms with Crippen molar-refractivity contribution in [2.24, 2.45) is 0 Å². The van der Waals surface area contributed by atoms with Crippen molar-refractivity contribution >= 4 is 29.9 Å². The van der Waals surface area contributed by atoms with Crippen molar-refractivity contribution in [3.05, 3.63) is 34.9 Å². The van der Waals surface area contributed by atoms with E-state index in [-0.39, 0.29) is 18.3 Å². The Bertz CT molecular complexity index is 417. The average Bonchev–Trinajstić information content (AvgIpc) is 2.42. The lowest BCUT2D eigenvalue weighted by Crippen LogP contribution is -2.50. The molecule has 6 heteroatoms. The van der Waals surface area contributed by atoms with Gasteiger partial charge < -0.3 is 10.2 Å². The Morgan fingerprint density at radius 2 is 1.80 bits per heavy atom. The summed E-state index contributed by atoms with van der Waals surface area (Å²) in [5, 5.41) is 3.67. The molecule has 1 fully saturated rings. The molecule has 0 radical (unpaired) electrons. The molecule has 0 saturated carbocycles. The van der Waals surface area contributed by atoms with Crippen LogP contribution >= 0.6 is 24.0 Å². The van der Waals surface area contributed by atoms with Gasteiger partial charge in [0.15, 0.2) is 0 Å². The van der Waals surface area contributed by atoms with E-state index in [0.29, 0.717) is 6.54 Å². The Hall–Kier alpha value is -0.810. The standard InChI is InChI=1S/C14H20ClN3O.ClH/c1-16-10-14(19)18-8-6-17(7-9-18)11-12-2-4-13(15)5-3-12;/h2-5,16H,6-11H2,1H3;1H. The number of hydrogen-bond acceptors (Lipinski definition) is 3. The molecule has 1 amide bonds. The number of halogens is 2. The summed E-state index contributed by atoms with van der Waals surface area (Å²) in [6, 6.07) is 7.95. The molecule has 1 saturated heterocycles. The molecule has 0 aromatic heterocycles. The summed E-state index contributed by atoms with van der Waals surface area (Å²) >= 11 is 5.87. The van der Waals surface area contributed by atoms with Crippen LogP contribution in [-0.2, 0) is 11.3 Å². The molecule has 0 unspecified atom stereocenters. The molecule has 20 heavy (non-hydrogen) atoms. The SMILES string of the molecule is CNCC(=O)N1CCN(Cc2ccc(Cl)cc2)CC1.Cl. The van der Waals surface area contributed by atoms with Gasteiger partial charge in [-0.25, -0.2) is 0 Å². The summed E-state index contributed by atoms with van der Waals surface area (Å²) in [4.78, 5) is 16.0. The maximum Gasteiger partial charge on any atom is 0.236 e. The fourth-order valence-corrected chi connectivity index (χ4v) is 2.39. The van der Waals surface area contributed by atoms with Crippen LogP contribution in [0.1, 0.15) is 5.56 Å². The van der Waals surface area contributed by atoms with Crippen LogP contribution in [0.4, 0.5) is 0 Å². The molecule has 0 bridgehead atoms. The molecule has 1 heterocycles. The number of piperazine rings is 1. The van der Waals surface area contributed by atoms with Crippen molar-refractivity contribution < 1.29 is 4.79 Å². The Morgan fingerprint density at radius 1 is 1.20 bits per heavy atom. The van der Waals surface area contributed by atoms with Crippen molar-refractivity contribution in [2.45, 2.75) is 6.54 Å². The molecule has 1 aromatic rings. The van der Waals surface area contributed by atoms with Gasteiger partial charge in [0.1, 0.15) is 0 Å². The lowest BCUT2D eigenvalue weighted by molar-refractivity contribution is -0.131. The van der Waals surface area contributed by atoms with Crippen LogP contribution in [0.5, 0.6) is 0 Å². The summed E-state index contributed by atoms with van der Waals surface area (Å²) in [7, 11) is 1.80. The molecule has 1 aliphatic rings. The minimum atomic E-state index is 0. The van der Waals surface area contributed by atoms with E-state index >= 15 is 0 Å². The van der Waals surface area contributed by atoms with Crippen LogP contribution in [0.2, 0.25) is 5.02 Å². The highest BCUT2D eigenvalue weighted by atomic mass is 35.5. The third-order valence-corrected chi connectivity index (χ3v) is 3.62. The lowest BCUT2D eigenvalue weighted by Gasteiger charge is -2.34. The van der Waals surface area contributed by atoms with Crippen LogP contribution in [0.15, 0.2) is 24.3 Å². The van der Waals surface area contributed by atoms with Gasteiger partial charge in [-0.05, 0) is 24.7 Å². The number of amides is 1. The average molecular weight is 318 g/mol. The fourth-order valence-electron chi connectivity index (χ4n) is 2.27. The summed E-state index contributed by atoms with van der Waals surface area (Å²) in [5.74, 6) is 0.189. The number of nitrogens with zero attached hydrogens (tertiary/aromatic N) is 2. The first-order valence-electron chi connectivity index (χ1n) is 6.58. The van der Waals surface area contributed by atoms with E-state index in [0.717, 1.165) is 37.7 Å². The van der Waals surface area contributed by atoms with E-state index in [2.05, 4.69) is 22.3 Å². The minimum absolute atomic E-state index is 0. The predicted molar refractivity (Wildman–Crippen MR) is 84.5 cm³/mol. The van der Waals surface area contributed by atoms with Crippen LogP contribution in [0, 0.1) is 0 Å². The maximum atomic E-state index is 11.7. The molecule has 0 spiro atoms. The lowest BCUT2D eigenvalue weighted by atomic mass is 10.2. The van der Waals surface area contributed by atoms with Gasteiger partial charge in [-0.1, -0.05) is 23.7 Å². The van der Waals surface area contributed by atoms with Crippen LogP contribution in [-0.4, -0.2) is 55.5 Å². The highest BCUT2D eigenvalue weighted by Gasteiger charge is 2.20. The molecule has 1 N–H and O–H groups in total. The van der Waals surface area contributed by atoms with E-state index in [9.17, 15) is 4.79 Å². The molecule has 0 atom stereocenters. The Kier molecular flexibility index (Phi) is 7.30. The van der Waals surface area contributed by atoms with Crippen molar-refractivity contribution in [1.82, 2.24) is 15.1 Å². The summed E-state index contributed by atoms with van der Waals surface area (Å²) < 4.78 is 0. The third kappa shape index (κ3) is 4.94. The number of benzene rings is 1. The van der Waals surface area contributed by atoms with Crippen LogP contribution in [0.25, 0.3) is 0 Å². The smallest absolute Gasteiger partial charge is 0.236 e. The fraction of sp³-hybridized carbons (Fsp3) is 0.500. The van der Waals surface area contributed by atoms with Crippen molar-refractivity contribution in [2.75, 3.05) is 39.8 Å². The molecule has 0 aliphatic carbocycles. The first-order chi connectivity index (χ1) is 9.19. The highest BCUT2D eigenvalue weighted by Crippen LogP contribution is 2.12. The quantitative estimate of drug-likeness (QED) is 0.916. The maximum absolute atomic E-state index is 11.7. The molecular weight excluding hydrogens is 297 g/mol. The van der Waals surface area contributed by atoms with Crippen LogP contribution < -0.4 is 5.32 Å². The van der Waals surface area contributed by atoms with Crippen molar-refractivity contribution in [3.63, 3.8) is 0 Å². The molecule has 1 aliphatic heterocycles. The third-order valence-electron chi connectivity index (χ3n) is 3.37. The molecule has 112 valence electrons. The van der Waals surface area contributed by atoms with Gasteiger partial charge in [0.05, 0.1) is 6.54 Å². The topological polar surface area (TPSA) is 35.6 Å². The second kappa shape index (κ2) is 8.47. The van der Waals surface area contributed by atoms with Gasteiger partial charge >= 0.3 is 0 Å². The second-order valence-corrected chi connectivity index (χ2v) is 5.25. The zero-order chi connectivity index (χ0) is 13.7. The van der Waals surface area contributed by atoms with Gasteiger partial charge in [-0.15, -0.1) is 12.4 Å². The Balaban J connectivity index is 0.00000200. The van der Waals surface area contributed by atoms with Gasteiger partial charge in [-0.2, -0.15) is 0 Å². The van der Waals surface area contributed by atoms with Gasteiger partial charge in [0.25, 0.3) is 0 Å². The van der Waals surface area contributed by atoms with Gasteiger partial charge in [0, 0.05) is 37.7 Å². The number of hydrogen-bond donors (Lipinski definition) is 1. The zero-order valence-electron chi connectivity index (χ0n) is 11.6. The largest absolute Gasteiger partial charge is 0.339 e. The van der Waals surface area contributed by atoms with Gasteiger partial charge in [0.2, 0.25) is 5.91 Å². The number of rotatable bonds is 4. The van der Waals surface area contributed by atoms with Crippen molar-refractivity contribution in [1.29, 1.82) is 0 Å². The van der Waals surface area contributed by atoms with E-state index in [1.165, 1.54) is 5.56 Å². The number of likely N-dealkylation sites (N-methyl/N-ethyl adjacent to an activating group) is 1. The highest BCUT2D eigenvalue weighted by molar-refractivity contribution is 6.30. The van der Waals surface area contributed by atoms with E-state index < -0.39 is 0 Å². The monoisotopic (exact) mass is 317 g/mol. The normalized spacial score (nSPS) is 15.8. The first-order valence-corrected chi connectivity index (χ1v) is 6.96. The molecule has 1 aromatic carbocycles. The minimum Gasteiger partial charge on any atom is -0.339 e. The Morgan fingerprint density at radius 3 is 2.35 bits per heavy atom. The zero-order valence-corrected chi connectivity index (χ0v) is 13.2. The van der Waals surface area contributed by atoms with E-state index in [4.69, 9.17) is 11.6 Å². The summed E-state index contributed by atoms with van der Waals surface area (Å²) in [6.07, 6.45) is 0. The number of nitrogens with one attached hydrogen (secondary N) is 1. The first kappa shape index (κ1) is 17.2. The number of carbonyl (C=O) groups excluding carboxylic acids is 1. The Labute approximate surface area is 131 Å². The predicted octanol–water partition coefficient (Wildman–Crippen LogP) is 1.63. The summed E-state index contributed by atoms with van der Waals surface area (Å²) in [6.45, 7) is 4.83. The molecule has 4 nitrogen and oxygen atoms in total.